The molecule has 5 nitrogen and oxygen atoms in total. The molecule has 0 aliphatic rings. The Kier molecular flexibility index (Phi) is 4.38. The maximum atomic E-state index is 11.8. The van der Waals surface area contributed by atoms with E-state index in [1.807, 2.05) is 0 Å². The van der Waals surface area contributed by atoms with Crippen LogP contribution in [0.5, 0.6) is 5.75 Å². The zero-order valence-electron chi connectivity index (χ0n) is 8.71. The topological polar surface area (TPSA) is 72.8 Å². The van der Waals surface area contributed by atoms with Gasteiger partial charge in [-0.15, -0.1) is 0 Å². The summed E-state index contributed by atoms with van der Waals surface area (Å²) in [5.41, 5.74) is 0.393. The van der Waals surface area contributed by atoms with Gasteiger partial charge in [-0.05, 0) is 24.6 Å². The lowest BCUT2D eigenvalue weighted by molar-refractivity contribution is -0.0498. The minimum atomic E-state index is -4.55. The van der Waals surface area contributed by atoms with E-state index in [-0.39, 0.29) is 5.75 Å². The molecule has 0 saturated heterocycles. The van der Waals surface area contributed by atoms with Crippen molar-refractivity contribution < 1.29 is 30.7 Å². The Labute approximate surface area is 96.9 Å². The minimum absolute atomic E-state index is 0.0530. The van der Waals surface area contributed by atoms with Crippen molar-refractivity contribution >= 4 is 10.4 Å². The monoisotopic (exact) mass is 268 g/mol. The van der Waals surface area contributed by atoms with Crippen LogP contribution in [-0.2, 0) is 14.6 Å². The standard InChI is InChI=1S/C9H10F2O5S/c1-6(16-17(12,13)14)7-2-4-8(5-3-7)15-9(10)11/h2-6,9H,1H3,(H,12,13,14). The molecule has 96 valence electrons. The van der Waals surface area contributed by atoms with E-state index >= 15 is 0 Å². The Morgan fingerprint density at radius 2 is 1.76 bits per heavy atom. The normalized spacial score (nSPS) is 13.7. The van der Waals surface area contributed by atoms with Crippen LogP contribution in [0.1, 0.15) is 18.6 Å². The molecule has 0 heterocycles. The molecule has 0 spiro atoms. The van der Waals surface area contributed by atoms with Crippen LogP contribution in [0.15, 0.2) is 24.3 Å². The molecule has 17 heavy (non-hydrogen) atoms. The maximum absolute atomic E-state index is 11.8. The molecule has 8 heteroatoms. The molecule has 0 fully saturated rings. The summed E-state index contributed by atoms with van der Waals surface area (Å²) >= 11 is 0. The molecule has 1 aromatic carbocycles. The van der Waals surface area contributed by atoms with Crippen molar-refractivity contribution in [3.8, 4) is 5.75 Å². The number of benzene rings is 1. The van der Waals surface area contributed by atoms with Crippen LogP contribution in [0.2, 0.25) is 0 Å². The molecule has 0 radical (unpaired) electrons. The lowest BCUT2D eigenvalue weighted by Crippen LogP contribution is -2.08. The summed E-state index contributed by atoms with van der Waals surface area (Å²) in [4.78, 5) is 0. The van der Waals surface area contributed by atoms with Gasteiger partial charge in [-0.2, -0.15) is 17.2 Å². The molecule has 0 amide bonds. The zero-order valence-corrected chi connectivity index (χ0v) is 9.52. The molecule has 0 aromatic heterocycles. The van der Waals surface area contributed by atoms with E-state index in [2.05, 4.69) is 8.92 Å². The highest BCUT2D eigenvalue weighted by Crippen LogP contribution is 2.22. The summed E-state index contributed by atoms with van der Waals surface area (Å²) in [5.74, 6) is -0.0530. The van der Waals surface area contributed by atoms with Crippen molar-refractivity contribution in [1.29, 1.82) is 0 Å². The fraction of sp³-hybridized carbons (Fsp3) is 0.333. The number of hydrogen-bond acceptors (Lipinski definition) is 4. The highest BCUT2D eigenvalue weighted by molar-refractivity contribution is 7.80. The van der Waals surface area contributed by atoms with Crippen LogP contribution in [0.4, 0.5) is 8.78 Å². The summed E-state index contributed by atoms with van der Waals surface area (Å²) in [5, 5.41) is 0. The first kappa shape index (κ1) is 13.8. The smallest absolute Gasteiger partial charge is 0.397 e. The van der Waals surface area contributed by atoms with Crippen molar-refractivity contribution in [3.05, 3.63) is 29.8 Å². The van der Waals surface area contributed by atoms with Gasteiger partial charge >= 0.3 is 17.0 Å². The summed E-state index contributed by atoms with van der Waals surface area (Å²) in [6, 6.07) is 5.19. The zero-order chi connectivity index (χ0) is 13.1. The molecule has 0 saturated carbocycles. The Balaban J connectivity index is 2.73. The van der Waals surface area contributed by atoms with Crippen LogP contribution in [0.3, 0.4) is 0 Å². The Hall–Kier alpha value is -1.25. The first-order chi connectivity index (χ1) is 7.78. The Bertz CT molecular complexity index is 457. The Morgan fingerprint density at radius 3 is 2.18 bits per heavy atom. The molecular weight excluding hydrogens is 258 g/mol. The number of rotatable bonds is 5. The summed E-state index contributed by atoms with van der Waals surface area (Å²) in [7, 11) is -4.55. The predicted octanol–water partition coefficient (Wildman–Crippen LogP) is 2.17. The van der Waals surface area contributed by atoms with Crippen molar-refractivity contribution in [3.63, 3.8) is 0 Å². The van der Waals surface area contributed by atoms with Crippen molar-refractivity contribution in [1.82, 2.24) is 0 Å². The fourth-order valence-corrected chi connectivity index (χ4v) is 1.63. The van der Waals surface area contributed by atoms with Crippen LogP contribution in [0.25, 0.3) is 0 Å². The largest absolute Gasteiger partial charge is 0.435 e. The molecule has 1 unspecified atom stereocenters. The van der Waals surface area contributed by atoms with Crippen LogP contribution in [-0.4, -0.2) is 19.6 Å². The molecule has 1 atom stereocenters. The lowest BCUT2D eigenvalue weighted by atomic mass is 10.1. The second-order valence-electron chi connectivity index (χ2n) is 3.11. The quantitative estimate of drug-likeness (QED) is 0.828. The van der Waals surface area contributed by atoms with Crippen LogP contribution >= 0.6 is 0 Å². The van der Waals surface area contributed by atoms with Crippen molar-refractivity contribution in [2.24, 2.45) is 0 Å². The third kappa shape index (κ3) is 5.07. The minimum Gasteiger partial charge on any atom is -0.435 e. The van der Waals surface area contributed by atoms with Gasteiger partial charge in [-0.25, -0.2) is 4.18 Å². The molecule has 0 aliphatic heterocycles. The van der Waals surface area contributed by atoms with E-state index in [0.29, 0.717) is 5.56 Å². The predicted molar refractivity (Wildman–Crippen MR) is 54.1 cm³/mol. The number of alkyl halides is 2. The summed E-state index contributed by atoms with van der Waals surface area (Å²) in [6.45, 7) is -1.54. The maximum Gasteiger partial charge on any atom is 0.397 e. The summed E-state index contributed by atoms with van der Waals surface area (Å²) < 4.78 is 61.4. The average Bonchev–Trinajstić information content (AvgIpc) is 2.15. The van der Waals surface area contributed by atoms with E-state index < -0.39 is 23.1 Å². The molecular formula is C9H10F2O5S. The van der Waals surface area contributed by atoms with Gasteiger partial charge in [0.1, 0.15) is 11.9 Å². The fourth-order valence-electron chi connectivity index (χ4n) is 1.16. The first-order valence-electron chi connectivity index (χ1n) is 4.48. The van der Waals surface area contributed by atoms with Crippen molar-refractivity contribution in [2.75, 3.05) is 0 Å². The Morgan fingerprint density at radius 1 is 1.24 bits per heavy atom. The third-order valence-corrected chi connectivity index (χ3v) is 2.37. The molecule has 1 rings (SSSR count). The first-order valence-corrected chi connectivity index (χ1v) is 5.85. The van der Waals surface area contributed by atoms with Crippen LogP contribution in [0, 0.1) is 0 Å². The summed E-state index contributed by atoms with van der Waals surface area (Å²) in [6.07, 6.45) is -0.925. The third-order valence-electron chi connectivity index (χ3n) is 1.84. The number of hydrogen-bond donors (Lipinski definition) is 1. The van der Waals surface area contributed by atoms with Gasteiger partial charge in [0, 0.05) is 0 Å². The highest BCUT2D eigenvalue weighted by atomic mass is 32.3. The molecule has 0 bridgehead atoms. The second kappa shape index (κ2) is 5.39. The van der Waals surface area contributed by atoms with Gasteiger partial charge in [0.25, 0.3) is 0 Å². The van der Waals surface area contributed by atoms with Gasteiger partial charge in [-0.3, -0.25) is 4.55 Å². The molecule has 0 aliphatic carbocycles. The van der Waals surface area contributed by atoms with E-state index in [9.17, 15) is 17.2 Å². The average molecular weight is 268 g/mol. The number of ether oxygens (including phenoxy) is 1. The van der Waals surface area contributed by atoms with Gasteiger partial charge < -0.3 is 4.74 Å². The molecule has 1 aromatic rings. The van der Waals surface area contributed by atoms with E-state index in [0.717, 1.165) is 0 Å². The van der Waals surface area contributed by atoms with E-state index in [1.165, 1.54) is 31.2 Å². The highest BCUT2D eigenvalue weighted by Gasteiger charge is 2.14. The van der Waals surface area contributed by atoms with Gasteiger partial charge in [0.15, 0.2) is 0 Å². The van der Waals surface area contributed by atoms with Gasteiger partial charge in [-0.1, -0.05) is 12.1 Å². The number of halogens is 2. The van der Waals surface area contributed by atoms with Gasteiger partial charge in [0.05, 0.1) is 0 Å². The van der Waals surface area contributed by atoms with Crippen molar-refractivity contribution in [2.45, 2.75) is 19.6 Å². The molecule has 1 N–H and O–H groups in total. The second-order valence-corrected chi connectivity index (χ2v) is 4.16. The SMILES string of the molecule is CC(OS(=O)(=O)O)c1ccc(OC(F)F)cc1. The lowest BCUT2D eigenvalue weighted by Gasteiger charge is -2.11. The van der Waals surface area contributed by atoms with Crippen LogP contribution < -0.4 is 4.74 Å². The van der Waals surface area contributed by atoms with E-state index in [1.54, 1.807) is 0 Å². The van der Waals surface area contributed by atoms with Gasteiger partial charge in [0.2, 0.25) is 0 Å². The van der Waals surface area contributed by atoms with E-state index in [4.69, 9.17) is 4.55 Å².